The average molecular weight is 490 g/mol. The Kier molecular flexibility index (Phi) is 8.71. The zero-order valence-corrected chi connectivity index (χ0v) is 21.0. The highest BCUT2D eigenvalue weighted by Gasteiger charge is 2.33. The SMILES string of the molecule is CCCCn1c(N)c(N(CCC(C)C)C(=O)C2CCN(C(=O)c3cccs3)CC2)c(=O)[nH]c1=O. The van der Waals surface area contributed by atoms with E-state index in [-0.39, 0.29) is 29.2 Å². The Balaban J connectivity index is 1.84. The molecule has 3 rings (SSSR count). The number of carbonyl (C=O) groups is 2. The van der Waals surface area contributed by atoms with Crippen LogP contribution < -0.4 is 21.9 Å². The van der Waals surface area contributed by atoms with Crippen LogP contribution in [0, 0.1) is 11.8 Å². The first-order chi connectivity index (χ1) is 16.2. The van der Waals surface area contributed by atoms with E-state index in [0.29, 0.717) is 56.2 Å². The number of hydrogen-bond acceptors (Lipinski definition) is 6. The molecular weight excluding hydrogens is 454 g/mol. The lowest BCUT2D eigenvalue weighted by molar-refractivity contribution is -0.123. The zero-order chi connectivity index (χ0) is 24.8. The normalized spacial score (nSPS) is 14.5. The van der Waals surface area contributed by atoms with Gasteiger partial charge in [-0.2, -0.15) is 0 Å². The summed E-state index contributed by atoms with van der Waals surface area (Å²) in [6, 6.07) is 3.66. The largest absolute Gasteiger partial charge is 0.383 e. The second kappa shape index (κ2) is 11.5. The number of nitrogens with zero attached hydrogens (tertiary/aromatic N) is 3. The van der Waals surface area contributed by atoms with Crippen LogP contribution in [-0.4, -0.2) is 45.9 Å². The Morgan fingerprint density at radius 3 is 2.56 bits per heavy atom. The lowest BCUT2D eigenvalue weighted by Crippen LogP contribution is -2.47. The van der Waals surface area contributed by atoms with Crippen molar-refractivity contribution < 1.29 is 9.59 Å². The highest BCUT2D eigenvalue weighted by atomic mass is 32.1. The van der Waals surface area contributed by atoms with Gasteiger partial charge >= 0.3 is 5.69 Å². The van der Waals surface area contributed by atoms with Gasteiger partial charge in [-0.25, -0.2) is 4.79 Å². The Morgan fingerprint density at radius 2 is 1.97 bits per heavy atom. The first-order valence-corrected chi connectivity index (χ1v) is 12.9. The van der Waals surface area contributed by atoms with Crippen LogP contribution >= 0.6 is 11.3 Å². The average Bonchev–Trinajstić information content (AvgIpc) is 3.35. The number of hydrogen-bond donors (Lipinski definition) is 2. The van der Waals surface area contributed by atoms with Crippen LogP contribution in [0.1, 0.15) is 62.5 Å². The molecule has 9 nitrogen and oxygen atoms in total. The van der Waals surface area contributed by atoms with Crippen molar-refractivity contribution in [3.05, 3.63) is 43.2 Å². The van der Waals surface area contributed by atoms with Crippen molar-refractivity contribution in [1.82, 2.24) is 14.5 Å². The molecule has 0 bridgehead atoms. The number of likely N-dealkylation sites (tertiary alicyclic amines) is 1. The molecule has 0 atom stereocenters. The fourth-order valence-electron chi connectivity index (χ4n) is 4.20. The van der Waals surface area contributed by atoms with Crippen molar-refractivity contribution in [2.75, 3.05) is 30.3 Å². The summed E-state index contributed by atoms with van der Waals surface area (Å²) in [5.74, 6) is -0.172. The minimum Gasteiger partial charge on any atom is -0.383 e. The summed E-state index contributed by atoms with van der Waals surface area (Å²) in [5, 5.41) is 1.87. The number of rotatable bonds is 9. The molecule has 186 valence electrons. The van der Waals surface area contributed by atoms with E-state index in [4.69, 9.17) is 5.73 Å². The maximum atomic E-state index is 13.7. The molecule has 34 heavy (non-hydrogen) atoms. The van der Waals surface area contributed by atoms with Gasteiger partial charge in [0.05, 0.1) is 4.88 Å². The van der Waals surface area contributed by atoms with Crippen LogP contribution in [-0.2, 0) is 11.3 Å². The third kappa shape index (κ3) is 5.78. The molecule has 2 aromatic rings. The lowest BCUT2D eigenvalue weighted by Gasteiger charge is -2.34. The molecule has 2 amide bonds. The Labute approximate surface area is 203 Å². The van der Waals surface area contributed by atoms with Gasteiger partial charge in [0.1, 0.15) is 5.82 Å². The van der Waals surface area contributed by atoms with E-state index in [1.54, 1.807) is 11.0 Å². The number of piperidine rings is 1. The van der Waals surface area contributed by atoms with Crippen molar-refractivity contribution in [1.29, 1.82) is 0 Å². The van der Waals surface area contributed by atoms with Crippen molar-refractivity contribution >= 4 is 34.7 Å². The summed E-state index contributed by atoms with van der Waals surface area (Å²) in [6.45, 7) is 7.77. The van der Waals surface area contributed by atoms with Crippen LogP contribution in [0.3, 0.4) is 0 Å². The van der Waals surface area contributed by atoms with E-state index in [1.165, 1.54) is 20.8 Å². The minimum absolute atomic E-state index is 0.0127. The smallest absolute Gasteiger partial charge is 0.330 e. The summed E-state index contributed by atoms with van der Waals surface area (Å²) < 4.78 is 1.35. The molecule has 3 heterocycles. The fourth-order valence-corrected chi connectivity index (χ4v) is 4.89. The first kappa shape index (κ1) is 25.7. The number of carbonyl (C=O) groups excluding carboxylic acids is 2. The van der Waals surface area contributed by atoms with Crippen molar-refractivity contribution in [2.45, 2.75) is 59.4 Å². The number of H-pyrrole nitrogens is 1. The van der Waals surface area contributed by atoms with Gasteiger partial charge in [0.2, 0.25) is 5.91 Å². The molecule has 0 unspecified atom stereocenters. The Hall–Kier alpha value is -2.88. The predicted octanol–water partition coefficient (Wildman–Crippen LogP) is 2.91. The number of aromatic nitrogens is 2. The van der Waals surface area contributed by atoms with Gasteiger partial charge in [-0.3, -0.25) is 23.9 Å². The van der Waals surface area contributed by atoms with Gasteiger partial charge in [0, 0.05) is 32.1 Å². The first-order valence-electron chi connectivity index (χ1n) is 12.0. The van der Waals surface area contributed by atoms with E-state index in [9.17, 15) is 19.2 Å². The molecule has 0 spiro atoms. The molecule has 0 radical (unpaired) electrons. The number of nitrogens with two attached hydrogens (primary N) is 1. The van der Waals surface area contributed by atoms with Crippen molar-refractivity contribution in [2.24, 2.45) is 11.8 Å². The van der Waals surface area contributed by atoms with Crippen LogP contribution in [0.4, 0.5) is 11.5 Å². The third-order valence-corrected chi connectivity index (χ3v) is 7.14. The number of amides is 2. The molecular formula is C24H35N5O4S. The summed E-state index contributed by atoms with van der Waals surface area (Å²) in [5.41, 5.74) is 5.17. The number of unbranched alkanes of at least 4 members (excludes halogenated alkanes) is 1. The van der Waals surface area contributed by atoms with Gasteiger partial charge in [-0.15, -0.1) is 11.3 Å². The van der Waals surface area contributed by atoms with Gasteiger partial charge < -0.3 is 15.5 Å². The van der Waals surface area contributed by atoms with Crippen LogP contribution in [0.5, 0.6) is 0 Å². The highest BCUT2D eigenvalue weighted by molar-refractivity contribution is 7.12. The molecule has 0 aliphatic carbocycles. The number of nitrogen functional groups attached to an aromatic ring is 1. The third-order valence-electron chi connectivity index (χ3n) is 6.28. The molecule has 1 aliphatic heterocycles. The van der Waals surface area contributed by atoms with Crippen LogP contribution in [0.25, 0.3) is 0 Å². The Morgan fingerprint density at radius 1 is 1.26 bits per heavy atom. The number of thiophene rings is 1. The van der Waals surface area contributed by atoms with Gasteiger partial charge in [-0.1, -0.05) is 33.3 Å². The van der Waals surface area contributed by atoms with Crippen LogP contribution in [0.2, 0.25) is 0 Å². The standard InChI is InChI=1S/C24H35N5O4S/c1-4-5-11-29-20(25)19(21(30)26-24(29)33)28(14-8-16(2)3)22(31)17-9-12-27(13-10-17)23(32)18-7-6-15-34-18/h6-7,15-17H,4-5,8-14,25H2,1-3H3,(H,26,30,33). The predicted molar refractivity (Wildman–Crippen MR) is 135 cm³/mol. The van der Waals surface area contributed by atoms with Crippen molar-refractivity contribution in [3.8, 4) is 0 Å². The van der Waals surface area contributed by atoms with Crippen molar-refractivity contribution in [3.63, 3.8) is 0 Å². The quantitative estimate of drug-likeness (QED) is 0.561. The van der Waals surface area contributed by atoms with E-state index in [1.807, 2.05) is 32.2 Å². The second-order valence-electron chi connectivity index (χ2n) is 9.21. The molecule has 2 aromatic heterocycles. The summed E-state index contributed by atoms with van der Waals surface area (Å²) >= 11 is 1.41. The van der Waals surface area contributed by atoms with Crippen LogP contribution in [0.15, 0.2) is 27.1 Å². The number of nitrogens with one attached hydrogen (secondary N) is 1. The maximum Gasteiger partial charge on any atom is 0.330 e. The van der Waals surface area contributed by atoms with Gasteiger partial charge in [0.25, 0.3) is 11.5 Å². The van der Waals surface area contributed by atoms with E-state index < -0.39 is 11.2 Å². The lowest BCUT2D eigenvalue weighted by atomic mass is 9.94. The number of aromatic amines is 1. The molecule has 10 heteroatoms. The fraction of sp³-hybridized carbons (Fsp3) is 0.583. The molecule has 0 aromatic carbocycles. The topological polar surface area (TPSA) is 121 Å². The monoisotopic (exact) mass is 489 g/mol. The molecule has 1 aliphatic rings. The molecule has 1 fully saturated rings. The van der Waals surface area contributed by atoms with Gasteiger partial charge in [-0.05, 0) is 43.0 Å². The van der Waals surface area contributed by atoms with E-state index in [2.05, 4.69) is 4.98 Å². The van der Waals surface area contributed by atoms with E-state index in [0.717, 1.165) is 12.8 Å². The summed E-state index contributed by atoms with van der Waals surface area (Å²) in [4.78, 5) is 57.8. The second-order valence-corrected chi connectivity index (χ2v) is 10.2. The summed E-state index contributed by atoms with van der Waals surface area (Å²) in [7, 11) is 0. The highest BCUT2D eigenvalue weighted by Crippen LogP contribution is 2.26. The maximum absolute atomic E-state index is 13.7. The summed E-state index contributed by atoms with van der Waals surface area (Å²) in [6.07, 6.45) is 3.31. The molecule has 3 N–H and O–H groups in total. The van der Waals surface area contributed by atoms with Gasteiger partial charge in [0.15, 0.2) is 5.69 Å². The van der Waals surface area contributed by atoms with E-state index >= 15 is 0 Å². The molecule has 1 saturated heterocycles. The number of anilines is 2. The Bertz CT molecular complexity index is 1100. The zero-order valence-electron chi connectivity index (χ0n) is 20.2. The minimum atomic E-state index is -0.641. The molecule has 0 saturated carbocycles.